The Labute approximate surface area is 178 Å². The molecular weight excluding hydrogens is 400 g/mol. The van der Waals surface area contributed by atoms with Crippen molar-refractivity contribution in [1.82, 2.24) is 19.7 Å². The molecule has 6 nitrogen and oxygen atoms in total. The smallest absolute Gasteiger partial charge is 0.254 e. The van der Waals surface area contributed by atoms with E-state index in [0.29, 0.717) is 29.6 Å². The summed E-state index contributed by atoms with van der Waals surface area (Å²) in [7, 11) is 1.57. The predicted octanol–water partition coefficient (Wildman–Crippen LogP) is 4.46. The Morgan fingerprint density at radius 3 is 2.63 bits per heavy atom. The topological polar surface area (TPSA) is 60.2 Å². The zero-order valence-corrected chi connectivity index (χ0v) is 17.1. The second-order valence-corrected chi connectivity index (χ2v) is 7.67. The van der Waals surface area contributed by atoms with Crippen LogP contribution in [0, 0.1) is 0 Å². The monoisotopic (exact) mass is 418 g/mol. The van der Waals surface area contributed by atoms with Crippen molar-refractivity contribution < 1.29 is 9.53 Å². The summed E-state index contributed by atoms with van der Waals surface area (Å²) in [4.78, 5) is 19.2. The van der Waals surface area contributed by atoms with E-state index in [1.807, 2.05) is 64.3 Å². The van der Waals surface area contributed by atoms with E-state index < -0.39 is 0 Å². The van der Waals surface area contributed by atoms with Crippen LogP contribution in [0.15, 0.2) is 67.1 Å². The molecule has 0 aliphatic carbocycles. The summed E-state index contributed by atoms with van der Waals surface area (Å²) in [5.41, 5.74) is 2.44. The third kappa shape index (κ3) is 3.09. The number of nitrogens with zero attached hydrogens (tertiary/aromatic N) is 4. The maximum Gasteiger partial charge on any atom is 0.254 e. The number of ether oxygens (including phenoxy) is 1. The molecule has 0 saturated carbocycles. The zero-order valence-electron chi connectivity index (χ0n) is 16.3. The lowest BCUT2D eigenvalue weighted by Crippen LogP contribution is -2.50. The van der Waals surface area contributed by atoms with Gasteiger partial charge in [-0.15, -0.1) is 0 Å². The van der Waals surface area contributed by atoms with Crippen molar-refractivity contribution in [3.05, 3.63) is 77.7 Å². The number of methoxy groups -OCH3 is 1. The van der Waals surface area contributed by atoms with Gasteiger partial charge in [0, 0.05) is 42.7 Å². The highest BCUT2D eigenvalue weighted by Crippen LogP contribution is 2.37. The van der Waals surface area contributed by atoms with E-state index in [4.69, 9.17) is 16.3 Å². The van der Waals surface area contributed by atoms with E-state index in [9.17, 15) is 4.79 Å². The van der Waals surface area contributed by atoms with Crippen LogP contribution in [0.1, 0.15) is 16.4 Å². The molecule has 5 rings (SSSR count). The van der Waals surface area contributed by atoms with Gasteiger partial charge in [0.25, 0.3) is 5.91 Å². The van der Waals surface area contributed by atoms with Gasteiger partial charge in [0.15, 0.2) is 0 Å². The molecular formula is C23H19ClN4O2. The van der Waals surface area contributed by atoms with Gasteiger partial charge in [-0.05, 0) is 28.5 Å². The fourth-order valence-electron chi connectivity index (χ4n) is 3.91. The molecule has 2 aromatic heterocycles. The summed E-state index contributed by atoms with van der Waals surface area (Å²) in [6.45, 7) is 1.31. The van der Waals surface area contributed by atoms with E-state index in [-0.39, 0.29) is 11.9 Å². The summed E-state index contributed by atoms with van der Waals surface area (Å²) in [5.74, 6) is 0.517. The highest BCUT2D eigenvalue weighted by atomic mass is 35.5. The third-order valence-electron chi connectivity index (χ3n) is 5.53. The Bertz CT molecular complexity index is 1230. The lowest BCUT2D eigenvalue weighted by atomic mass is 9.94. The highest BCUT2D eigenvalue weighted by Gasteiger charge is 2.33. The predicted molar refractivity (Wildman–Crippen MR) is 116 cm³/mol. The van der Waals surface area contributed by atoms with Crippen molar-refractivity contribution in [2.75, 3.05) is 20.2 Å². The number of carbonyl (C=O) groups is 1. The van der Waals surface area contributed by atoms with E-state index in [1.54, 1.807) is 19.5 Å². The van der Waals surface area contributed by atoms with Crippen LogP contribution in [-0.4, -0.2) is 45.8 Å². The summed E-state index contributed by atoms with van der Waals surface area (Å²) in [6, 6.07) is 15.7. The van der Waals surface area contributed by atoms with Gasteiger partial charge >= 0.3 is 0 Å². The Balaban J connectivity index is 1.51. The number of benzene rings is 2. The molecule has 1 aliphatic rings. The second kappa shape index (κ2) is 7.46. The molecule has 1 fully saturated rings. The van der Waals surface area contributed by atoms with E-state index in [0.717, 1.165) is 21.9 Å². The first kappa shape index (κ1) is 18.6. The quantitative estimate of drug-likeness (QED) is 0.491. The molecule has 1 aliphatic heterocycles. The Morgan fingerprint density at radius 2 is 1.90 bits per heavy atom. The SMILES string of the molecule is COc1cc(-c2ccc(C(=O)N3CC(n4cccn4)C3)c3ccccc23)c(Cl)cn1. The summed E-state index contributed by atoms with van der Waals surface area (Å²) in [5, 5.41) is 6.66. The molecule has 7 heteroatoms. The normalized spacial score (nSPS) is 14.0. The molecule has 0 bridgehead atoms. The number of carbonyl (C=O) groups excluding carboxylic acids is 1. The van der Waals surface area contributed by atoms with Gasteiger partial charge in [0.1, 0.15) is 0 Å². The van der Waals surface area contributed by atoms with Crippen molar-refractivity contribution in [2.45, 2.75) is 6.04 Å². The van der Waals surface area contributed by atoms with Gasteiger partial charge < -0.3 is 9.64 Å². The third-order valence-corrected chi connectivity index (χ3v) is 5.83. The van der Waals surface area contributed by atoms with E-state index in [1.165, 1.54) is 0 Å². The van der Waals surface area contributed by atoms with Gasteiger partial charge in [-0.25, -0.2) is 4.98 Å². The van der Waals surface area contributed by atoms with Crippen LogP contribution < -0.4 is 4.74 Å². The molecule has 4 aromatic rings. The lowest BCUT2D eigenvalue weighted by molar-refractivity contribution is 0.0503. The minimum Gasteiger partial charge on any atom is -0.481 e. The van der Waals surface area contributed by atoms with Gasteiger partial charge in [0.2, 0.25) is 5.88 Å². The second-order valence-electron chi connectivity index (χ2n) is 7.26. The van der Waals surface area contributed by atoms with Crippen LogP contribution in [-0.2, 0) is 0 Å². The number of amides is 1. The van der Waals surface area contributed by atoms with Crippen molar-refractivity contribution in [3.8, 4) is 17.0 Å². The molecule has 0 atom stereocenters. The molecule has 0 unspecified atom stereocenters. The molecule has 3 heterocycles. The van der Waals surface area contributed by atoms with Crippen molar-refractivity contribution in [1.29, 1.82) is 0 Å². The highest BCUT2D eigenvalue weighted by molar-refractivity contribution is 6.33. The maximum atomic E-state index is 13.2. The Kier molecular flexibility index (Phi) is 4.64. The molecule has 1 saturated heterocycles. The molecule has 150 valence electrons. The van der Waals surface area contributed by atoms with Crippen LogP contribution in [0.25, 0.3) is 21.9 Å². The van der Waals surface area contributed by atoms with Crippen LogP contribution in [0.2, 0.25) is 5.02 Å². The average molecular weight is 419 g/mol. The Morgan fingerprint density at radius 1 is 1.10 bits per heavy atom. The van der Waals surface area contributed by atoms with E-state index >= 15 is 0 Å². The van der Waals surface area contributed by atoms with Crippen LogP contribution >= 0.6 is 11.6 Å². The molecule has 0 N–H and O–H groups in total. The number of fused-ring (bicyclic) bond motifs is 1. The number of hydrogen-bond donors (Lipinski definition) is 0. The van der Waals surface area contributed by atoms with Gasteiger partial charge in [-0.1, -0.05) is 41.9 Å². The van der Waals surface area contributed by atoms with Crippen LogP contribution in [0.3, 0.4) is 0 Å². The molecule has 2 aromatic carbocycles. The van der Waals surface area contributed by atoms with Crippen molar-refractivity contribution in [3.63, 3.8) is 0 Å². The number of aromatic nitrogens is 3. The summed E-state index contributed by atoms with van der Waals surface area (Å²) < 4.78 is 7.17. The van der Waals surface area contributed by atoms with Crippen LogP contribution in [0.4, 0.5) is 0 Å². The first-order valence-corrected chi connectivity index (χ1v) is 10.0. The number of hydrogen-bond acceptors (Lipinski definition) is 4. The minimum absolute atomic E-state index is 0.0274. The number of likely N-dealkylation sites (tertiary alicyclic amines) is 1. The minimum atomic E-state index is 0.0274. The fraction of sp³-hybridized carbons (Fsp3) is 0.174. The first-order chi connectivity index (χ1) is 14.7. The van der Waals surface area contributed by atoms with Gasteiger partial charge in [-0.2, -0.15) is 5.10 Å². The van der Waals surface area contributed by atoms with Crippen molar-refractivity contribution in [2.24, 2.45) is 0 Å². The average Bonchev–Trinajstić information content (AvgIpc) is 3.26. The summed E-state index contributed by atoms with van der Waals surface area (Å²) >= 11 is 6.44. The standard InChI is InChI=1S/C23H19ClN4O2/c1-30-22-11-20(21(24)12-25-22)18-7-8-19(17-6-3-2-5-16(17)18)23(29)27-13-15(14-27)28-10-4-9-26-28/h2-12,15H,13-14H2,1H3. The van der Waals surface area contributed by atoms with Crippen molar-refractivity contribution >= 4 is 28.3 Å². The molecule has 30 heavy (non-hydrogen) atoms. The largest absolute Gasteiger partial charge is 0.481 e. The van der Waals surface area contributed by atoms with Crippen LogP contribution in [0.5, 0.6) is 5.88 Å². The van der Waals surface area contributed by atoms with Gasteiger partial charge in [0.05, 0.1) is 24.4 Å². The number of rotatable bonds is 4. The van der Waals surface area contributed by atoms with Gasteiger partial charge in [-0.3, -0.25) is 9.48 Å². The molecule has 0 spiro atoms. The Hall–Kier alpha value is -3.38. The first-order valence-electron chi connectivity index (χ1n) is 9.66. The zero-order chi connectivity index (χ0) is 20.7. The fourth-order valence-corrected chi connectivity index (χ4v) is 4.12. The van der Waals surface area contributed by atoms with E-state index in [2.05, 4.69) is 10.1 Å². The number of halogens is 1. The maximum absolute atomic E-state index is 13.2. The molecule has 0 radical (unpaired) electrons. The molecule has 1 amide bonds. The lowest BCUT2D eigenvalue weighted by Gasteiger charge is -2.39. The summed E-state index contributed by atoms with van der Waals surface area (Å²) in [6.07, 6.45) is 5.28. The number of pyridine rings is 1.